The minimum atomic E-state index is 0.574. The highest BCUT2D eigenvalue weighted by Gasteiger charge is 2.15. The van der Waals surface area contributed by atoms with E-state index in [0.717, 1.165) is 48.5 Å². The first-order valence-corrected chi connectivity index (χ1v) is 7.47. The molecule has 19 heavy (non-hydrogen) atoms. The predicted octanol–water partition coefficient (Wildman–Crippen LogP) is 2.16. The van der Waals surface area contributed by atoms with Crippen LogP contribution in [0.5, 0.6) is 5.75 Å². The van der Waals surface area contributed by atoms with Crippen LogP contribution in [0.15, 0.2) is 22.7 Å². The fourth-order valence-corrected chi connectivity index (χ4v) is 2.75. The molecule has 1 atom stereocenters. The number of nitrogens with zero attached hydrogens (tertiary/aromatic N) is 1. The second-order valence-electron chi connectivity index (χ2n) is 4.97. The van der Waals surface area contributed by atoms with Gasteiger partial charge in [0, 0.05) is 36.7 Å². The molecule has 0 aromatic heterocycles. The van der Waals surface area contributed by atoms with Crippen molar-refractivity contribution < 1.29 is 4.74 Å². The van der Waals surface area contributed by atoms with E-state index in [2.05, 4.69) is 44.6 Å². The molecule has 0 amide bonds. The van der Waals surface area contributed by atoms with E-state index in [1.165, 1.54) is 0 Å². The molecule has 0 saturated carbocycles. The molecule has 4 nitrogen and oxygen atoms in total. The molecule has 1 aromatic rings. The van der Waals surface area contributed by atoms with Crippen LogP contribution < -0.4 is 15.4 Å². The first-order chi connectivity index (χ1) is 9.19. The number of rotatable bonds is 5. The van der Waals surface area contributed by atoms with Crippen LogP contribution in [0, 0.1) is 0 Å². The summed E-state index contributed by atoms with van der Waals surface area (Å²) in [4.78, 5) is 2.38. The zero-order valence-electron chi connectivity index (χ0n) is 11.6. The molecule has 0 aliphatic carbocycles. The fraction of sp³-hybridized carbons (Fsp3) is 0.571. The SMILES string of the molecule is COc1ccc(Br)cc1NCCC1CN(C)CCN1. The molecular weight excluding hydrogens is 306 g/mol. The smallest absolute Gasteiger partial charge is 0.142 e. The lowest BCUT2D eigenvalue weighted by Gasteiger charge is -2.31. The maximum atomic E-state index is 5.35. The van der Waals surface area contributed by atoms with Gasteiger partial charge in [-0.05, 0) is 31.7 Å². The monoisotopic (exact) mass is 327 g/mol. The van der Waals surface area contributed by atoms with Crippen molar-refractivity contribution in [3.05, 3.63) is 22.7 Å². The molecule has 2 N–H and O–H groups in total. The highest BCUT2D eigenvalue weighted by molar-refractivity contribution is 9.10. The Morgan fingerprint density at radius 2 is 2.37 bits per heavy atom. The molecule has 0 radical (unpaired) electrons. The number of hydrogen-bond acceptors (Lipinski definition) is 4. The topological polar surface area (TPSA) is 36.5 Å². The molecule has 1 fully saturated rings. The summed E-state index contributed by atoms with van der Waals surface area (Å²) in [5.41, 5.74) is 1.04. The molecule has 1 aliphatic heterocycles. The van der Waals surface area contributed by atoms with Gasteiger partial charge in [-0.1, -0.05) is 15.9 Å². The van der Waals surface area contributed by atoms with Crippen molar-refractivity contribution in [2.45, 2.75) is 12.5 Å². The summed E-state index contributed by atoms with van der Waals surface area (Å²) in [6.45, 7) is 4.29. The Morgan fingerprint density at radius 1 is 1.53 bits per heavy atom. The van der Waals surface area contributed by atoms with E-state index < -0.39 is 0 Å². The lowest BCUT2D eigenvalue weighted by molar-refractivity contribution is 0.234. The lowest BCUT2D eigenvalue weighted by Crippen LogP contribution is -2.49. The van der Waals surface area contributed by atoms with Gasteiger partial charge in [-0.3, -0.25) is 0 Å². The molecule has 1 aromatic carbocycles. The predicted molar refractivity (Wildman–Crippen MR) is 83.1 cm³/mol. The highest BCUT2D eigenvalue weighted by atomic mass is 79.9. The average Bonchev–Trinajstić information content (AvgIpc) is 2.39. The van der Waals surface area contributed by atoms with Crippen LogP contribution in [-0.2, 0) is 0 Å². The number of benzene rings is 1. The second-order valence-corrected chi connectivity index (χ2v) is 5.89. The number of halogens is 1. The summed E-state index contributed by atoms with van der Waals surface area (Å²) in [6, 6.07) is 6.59. The number of ether oxygens (including phenoxy) is 1. The van der Waals surface area contributed by atoms with E-state index in [4.69, 9.17) is 4.74 Å². The molecular formula is C14H22BrN3O. The number of methoxy groups -OCH3 is 1. The Bertz CT molecular complexity index is 414. The third-order valence-electron chi connectivity index (χ3n) is 3.43. The minimum absolute atomic E-state index is 0.574. The maximum absolute atomic E-state index is 5.35. The van der Waals surface area contributed by atoms with Crippen LogP contribution in [0.25, 0.3) is 0 Å². The third kappa shape index (κ3) is 4.37. The van der Waals surface area contributed by atoms with Gasteiger partial charge in [-0.2, -0.15) is 0 Å². The molecule has 1 heterocycles. The summed E-state index contributed by atoms with van der Waals surface area (Å²) in [7, 11) is 3.88. The highest BCUT2D eigenvalue weighted by Crippen LogP contribution is 2.27. The Labute approximate surface area is 123 Å². The van der Waals surface area contributed by atoms with Crippen molar-refractivity contribution in [2.24, 2.45) is 0 Å². The first-order valence-electron chi connectivity index (χ1n) is 6.68. The molecule has 0 bridgehead atoms. The Morgan fingerprint density at radius 3 is 3.11 bits per heavy atom. The number of nitrogens with one attached hydrogen (secondary N) is 2. The summed E-state index contributed by atoms with van der Waals surface area (Å²) in [5.74, 6) is 0.886. The molecule has 2 rings (SSSR count). The van der Waals surface area contributed by atoms with Crippen LogP contribution in [0.1, 0.15) is 6.42 Å². The second kappa shape index (κ2) is 7.12. The summed E-state index contributed by atoms with van der Waals surface area (Å²) in [5, 5.41) is 7.01. The van der Waals surface area contributed by atoms with Crippen molar-refractivity contribution in [1.29, 1.82) is 0 Å². The van der Waals surface area contributed by atoms with E-state index in [9.17, 15) is 0 Å². The number of piperazine rings is 1. The van der Waals surface area contributed by atoms with E-state index in [0.29, 0.717) is 6.04 Å². The van der Waals surface area contributed by atoms with Crippen molar-refractivity contribution in [3.63, 3.8) is 0 Å². The van der Waals surface area contributed by atoms with Gasteiger partial charge in [-0.15, -0.1) is 0 Å². The van der Waals surface area contributed by atoms with Crippen LogP contribution in [0.4, 0.5) is 5.69 Å². The molecule has 1 aliphatic rings. The number of anilines is 1. The van der Waals surface area contributed by atoms with Crippen molar-refractivity contribution in [3.8, 4) is 5.75 Å². The van der Waals surface area contributed by atoms with Crippen LogP contribution in [0.2, 0.25) is 0 Å². The Hall–Kier alpha value is -0.780. The fourth-order valence-electron chi connectivity index (χ4n) is 2.38. The lowest BCUT2D eigenvalue weighted by atomic mass is 10.1. The quantitative estimate of drug-likeness (QED) is 0.869. The summed E-state index contributed by atoms with van der Waals surface area (Å²) in [6.07, 6.45) is 1.11. The maximum Gasteiger partial charge on any atom is 0.142 e. The van der Waals surface area contributed by atoms with E-state index in [-0.39, 0.29) is 0 Å². The van der Waals surface area contributed by atoms with Gasteiger partial charge in [0.1, 0.15) is 5.75 Å². The zero-order chi connectivity index (χ0) is 13.7. The normalized spacial score (nSPS) is 20.3. The van der Waals surface area contributed by atoms with Gasteiger partial charge in [-0.25, -0.2) is 0 Å². The van der Waals surface area contributed by atoms with Gasteiger partial charge in [0.2, 0.25) is 0 Å². The van der Waals surface area contributed by atoms with Gasteiger partial charge < -0.3 is 20.3 Å². The number of hydrogen-bond donors (Lipinski definition) is 2. The average molecular weight is 328 g/mol. The van der Waals surface area contributed by atoms with Crippen molar-refractivity contribution in [1.82, 2.24) is 10.2 Å². The van der Waals surface area contributed by atoms with Crippen LogP contribution >= 0.6 is 15.9 Å². The van der Waals surface area contributed by atoms with Gasteiger partial charge in [0.15, 0.2) is 0 Å². The number of likely N-dealkylation sites (N-methyl/N-ethyl adjacent to an activating group) is 1. The third-order valence-corrected chi connectivity index (χ3v) is 3.92. The zero-order valence-corrected chi connectivity index (χ0v) is 13.2. The summed E-state index contributed by atoms with van der Waals surface area (Å²) < 4.78 is 6.41. The molecule has 5 heteroatoms. The minimum Gasteiger partial charge on any atom is -0.495 e. The standard InChI is InChI=1S/C14H22BrN3O/c1-18-8-7-16-12(10-18)5-6-17-13-9-11(15)3-4-14(13)19-2/h3-4,9,12,16-17H,5-8,10H2,1-2H3. The van der Waals surface area contributed by atoms with Crippen LogP contribution in [-0.4, -0.2) is 51.3 Å². The van der Waals surface area contributed by atoms with E-state index in [1.807, 2.05) is 12.1 Å². The molecule has 106 valence electrons. The van der Waals surface area contributed by atoms with Crippen molar-refractivity contribution >= 4 is 21.6 Å². The van der Waals surface area contributed by atoms with Gasteiger partial charge in [0.25, 0.3) is 0 Å². The van der Waals surface area contributed by atoms with E-state index in [1.54, 1.807) is 7.11 Å². The van der Waals surface area contributed by atoms with Gasteiger partial charge in [0.05, 0.1) is 12.8 Å². The first kappa shape index (κ1) is 14.6. The molecule has 1 unspecified atom stereocenters. The van der Waals surface area contributed by atoms with Crippen LogP contribution in [0.3, 0.4) is 0 Å². The van der Waals surface area contributed by atoms with Crippen molar-refractivity contribution in [2.75, 3.05) is 45.7 Å². The largest absolute Gasteiger partial charge is 0.495 e. The Balaban J connectivity index is 1.83. The van der Waals surface area contributed by atoms with E-state index >= 15 is 0 Å². The van der Waals surface area contributed by atoms with Gasteiger partial charge >= 0.3 is 0 Å². The molecule has 1 saturated heterocycles. The summed E-state index contributed by atoms with van der Waals surface area (Å²) >= 11 is 3.49. The molecule has 0 spiro atoms. The Kier molecular flexibility index (Phi) is 5.48.